The van der Waals surface area contributed by atoms with Gasteiger partial charge in [0.1, 0.15) is 6.61 Å². The minimum atomic E-state index is -0.346. The van der Waals surface area contributed by atoms with Crippen LogP contribution in [0.1, 0.15) is 23.6 Å². The Kier molecular flexibility index (Phi) is 7.93. The molecule has 0 spiro atoms. The van der Waals surface area contributed by atoms with Gasteiger partial charge < -0.3 is 9.47 Å². The van der Waals surface area contributed by atoms with Crippen molar-refractivity contribution in [1.29, 1.82) is 0 Å². The van der Waals surface area contributed by atoms with E-state index < -0.39 is 0 Å². The molecule has 38 heavy (non-hydrogen) atoms. The molecule has 1 fully saturated rings. The van der Waals surface area contributed by atoms with Crippen molar-refractivity contribution in [2.75, 3.05) is 6.61 Å². The fraction of sp³-hybridized carbons (Fsp3) is 0.133. The van der Waals surface area contributed by atoms with Crippen molar-refractivity contribution in [2.45, 2.75) is 20.1 Å². The molecule has 0 aliphatic carbocycles. The molecule has 0 saturated carbocycles. The number of nitrogens with zero attached hydrogens (tertiary/aromatic N) is 1. The molecule has 5 rings (SSSR count). The lowest BCUT2D eigenvalue weighted by Crippen LogP contribution is -2.27. The molecule has 1 saturated heterocycles. The SMILES string of the molecule is CCOc1cc(/C=C2\SC(=O)N(Cc3ccc4ccccc4c3)C2=O)cc(Cl)c1OCc1ccccc1Cl. The molecule has 0 atom stereocenters. The second kappa shape index (κ2) is 11.5. The summed E-state index contributed by atoms with van der Waals surface area (Å²) in [4.78, 5) is 27.5. The van der Waals surface area contributed by atoms with Crippen LogP contribution in [0.15, 0.2) is 83.8 Å². The minimum Gasteiger partial charge on any atom is -0.490 e. The van der Waals surface area contributed by atoms with Crippen LogP contribution in [0.3, 0.4) is 0 Å². The number of benzene rings is 4. The Hall–Kier alpha value is -3.45. The second-order valence-corrected chi connectivity index (χ2v) is 10.4. The zero-order valence-corrected chi connectivity index (χ0v) is 22.8. The zero-order chi connectivity index (χ0) is 26.6. The molecule has 192 valence electrons. The Bertz CT molecular complexity index is 1570. The van der Waals surface area contributed by atoms with Crippen molar-refractivity contribution >= 4 is 63.0 Å². The Labute approximate surface area is 234 Å². The number of carbonyl (C=O) groups excluding carboxylic acids is 2. The first-order valence-electron chi connectivity index (χ1n) is 12.0. The first-order chi connectivity index (χ1) is 18.4. The summed E-state index contributed by atoms with van der Waals surface area (Å²) >= 11 is 13.7. The fourth-order valence-electron chi connectivity index (χ4n) is 4.15. The highest BCUT2D eigenvalue weighted by molar-refractivity contribution is 8.18. The van der Waals surface area contributed by atoms with Crippen molar-refractivity contribution in [3.8, 4) is 11.5 Å². The van der Waals surface area contributed by atoms with Gasteiger partial charge in [-0.25, -0.2) is 0 Å². The van der Waals surface area contributed by atoms with Gasteiger partial charge in [-0.1, -0.05) is 77.8 Å². The Morgan fingerprint density at radius 2 is 1.63 bits per heavy atom. The molecule has 0 aromatic heterocycles. The third-order valence-corrected chi connectivity index (χ3v) is 7.54. The van der Waals surface area contributed by atoms with Crippen LogP contribution in [0.5, 0.6) is 11.5 Å². The van der Waals surface area contributed by atoms with Gasteiger partial charge in [-0.15, -0.1) is 0 Å². The normalized spacial score (nSPS) is 14.5. The van der Waals surface area contributed by atoms with E-state index in [0.717, 1.165) is 33.7 Å². The van der Waals surface area contributed by atoms with Gasteiger partial charge in [0.25, 0.3) is 11.1 Å². The second-order valence-electron chi connectivity index (χ2n) is 8.59. The molecule has 4 aromatic carbocycles. The molecule has 1 heterocycles. The van der Waals surface area contributed by atoms with Gasteiger partial charge in [0.15, 0.2) is 11.5 Å². The molecule has 1 aliphatic rings. The number of rotatable bonds is 8. The summed E-state index contributed by atoms with van der Waals surface area (Å²) < 4.78 is 11.8. The van der Waals surface area contributed by atoms with Gasteiger partial charge in [-0.2, -0.15) is 0 Å². The molecule has 1 aliphatic heterocycles. The van der Waals surface area contributed by atoms with Crippen molar-refractivity contribution in [3.63, 3.8) is 0 Å². The lowest BCUT2D eigenvalue weighted by molar-refractivity contribution is -0.123. The van der Waals surface area contributed by atoms with Crippen molar-refractivity contribution in [3.05, 3.63) is 111 Å². The summed E-state index contributed by atoms with van der Waals surface area (Å²) in [5.41, 5.74) is 2.32. The molecule has 8 heteroatoms. The van der Waals surface area contributed by atoms with Gasteiger partial charge in [-0.3, -0.25) is 14.5 Å². The standard InChI is InChI=1S/C30H23Cl2NO4S/c1-2-36-26-15-20(14-25(32)28(26)37-18-23-9-5-6-10-24(23)31)16-27-29(34)33(30(35)38-27)17-19-11-12-21-7-3-4-8-22(21)13-19/h3-16H,2,17-18H2,1H3/b27-16-. The molecule has 0 radical (unpaired) electrons. The molecule has 5 nitrogen and oxygen atoms in total. The number of fused-ring (bicyclic) bond motifs is 1. The van der Waals surface area contributed by atoms with E-state index in [4.69, 9.17) is 32.7 Å². The van der Waals surface area contributed by atoms with Crippen molar-refractivity contribution < 1.29 is 19.1 Å². The van der Waals surface area contributed by atoms with Crippen LogP contribution in [0.2, 0.25) is 10.0 Å². The largest absolute Gasteiger partial charge is 0.490 e. The zero-order valence-electron chi connectivity index (χ0n) is 20.4. The van der Waals surface area contributed by atoms with Gasteiger partial charge in [0.05, 0.1) is 23.1 Å². The van der Waals surface area contributed by atoms with Crippen LogP contribution < -0.4 is 9.47 Å². The summed E-state index contributed by atoms with van der Waals surface area (Å²) in [5.74, 6) is 0.477. The summed E-state index contributed by atoms with van der Waals surface area (Å²) in [6.45, 7) is 2.67. The van der Waals surface area contributed by atoms with Crippen LogP contribution in [0.4, 0.5) is 4.79 Å². The molecule has 0 N–H and O–H groups in total. The summed E-state index contributed by atoms with van der Waals surface area (Å²) in [5, 5.41) is 2.77. The smallest absolute Gasteiger partial charge is 0.293 e. The molecule has 4 aromatic rings. The van der Waals surface area contributed by atoms with Crippen LogP contribution in [0.25, 0.3) is 16.8 Å². The van der Waals surface area contributed by atoms with E-state index >= 15 is 0 Å². The first-order valence-corrected chi connectivity index (χ1v) is 13.6. The van der Waals surface area contributed by atoms with E-state index in [1.807, 2.05) is 67.6 Å². The first kappa shape index (κ1) is 26.2. The summed E-state index contributed by atoms with van der Waals surface area (Å²) in [7, 11) is 0. The molecular weight excluding hydrogens is 541 g/mol. The number of halogens is 2. The average molecular weight is 564 g/mol. The maximum absolute atomic E-state index is 13.2. The van der Waals surface area contributed by atoms with E-state index in [-0.39, 0.29) is 24.3 Å². The molecular formula is C30H23Cl2NO4S. The van der Waals surface area contributed by atoms with E-state index in [1.165, 1.54) is 4.90 Å². The Morgan fingerprint density at radius 3 is 2.42 bits per heavy atom. The van der Waals surface area contributed by atoms with E-state index in [1.54, 1.807) is 24.3 Å². The maximum atomic E-state index is 13.2. The number of hydrogen-bond acceptors (Lipinski definition) is 5. The topological polar surface area (TPSA) is 55.8 Å². The fourth-order valence-corrected chi connectivity index (χ4v) is 5.45. The quantitative estimate of drug-likeness (QED) is 0.201. The molecule has 0 bridgehead atoms. The maximum Gasteiger partial charge on any atom is 0.293 e. The average Bonchev–Trinajstić information content (AvgIpc) is 3.16. The van der Waals surface area contributed by atoms with Crippen LogP contribution in [-0.4, -0.2) is 22.7 Å². The number of ether oxygens (including phenoxy) is 2. The van der Waals surface area contributed by atoms with E-state index in [9.17, 15) is 9.59 Å². The van der Waals surface area contributed by atoms with E-state index in [0.29, 0.717) is 38.6 Å². The van der Waals surface area contributed by atoms with Crippen molar-refractivity contribution in [2.24, 2.45) is 0 Å². The number of carbonyl (C=O) groups is 2. The lowest BCUT2D eigenvalue weighted by Gasteiger charge is -2.15. The summed E-state index contributed by atoms with van der Waals surface area (Å²) in [6.07, 6.45) is 1.65. The van der Waals surface area contributed by atoms with Gasteiger partial charge in [0, 0.05) is 10.6 Å². The Balaban J connectivity index is 1.36. The highest BCUT2D eigenvalue weighted by atomic mass is 35.5. The monoisotopic (exact) mass is 563 g/mol. The van der Waals surface area contributed by atoms with Crippen LogP contribution in [0, 0.1) is 0 Å². The minimum absolute atomic E-state index is 0.201. The molecule has 2 amide bonds. The van der Waals surface area contributed by atoms with Crippen LogP contribution >= 0.6 is 35.0 Å². The predicted octanol–water partition coefficient (Wildman–Crippen LogP) is 8.36. The third-order valence-electron chi connectivity index (χ3n) is 5.99. The third kappa shape index (κ3) is 5.68. The number of hydrogen-bond donors (Lipinski definition) is 0. The number of imide groups is 1. The Morgan fingerprint density at radius 1 is 0.868 bits per heavy atom. The molecule has 0 unspecified atom stereocenters. The highest BCUT2D eigenvalue weighted by Gasteiger charge is 2.35. The highest BCUT2D eigenvalue weighted by Crippen LogP contribution is 2.40. The van der Waals surface area contributed by atoms with Crippen LogP contribution in [-0.2, 0) is 17.9 Å². The number of amides is 2. The lowest BCUT2D eigenvalue weighted by atomic mass is 10.1. The van der Waals surface area contributed by atoms with Gasteiger partial charge in [-0.05, 0) is 70.9 Å². The summed E-state index contributed by atoms with van der Waals surface area (Å²) in [6, 6.07) is 24.7. The van der Waals surface area contributed by atoms with E-state index in [2.05, 4.69) is 0 Å². The van der Waals surface area contributed by atoms with Crippen molar-refractivity contribution in [1.82, 2.24) is 4.90 Å². The van der Waals surface area contributed by atoms with Gasteiger partial charge in [0.2, 0.25) is 0 Å². The van der Waals surface area contributed by atoms with Gasteiger partial charge >= 0.3 is 0 Å². The number of thioether (sulfide) groups is 1. The predicted molar refractivity (Wildman–Crippen MR) is 154 cm³/mol.